The molecular formula is C20H15N3O4S. The minimum atomic E-state index is -0.195. The van der Waals surface area contributed by atoms with Gasteiger partial charge in [0.1, 0.15) is 11.5 Å². The standard InChI is InChI=1S/C20H15N3O4S/c24-18(13-28-20-23-22-19(27-20)17-10-5-11-25-17)21-14-6-4-9-16(12-14)26-15-7-2-1-3-8-15/h1-12H,13H2,(H,21,24). The first-order chi connectivity index (χ1) is 13.8. The molecule has 0 saturated carbocycles. The molecule has 0 bridgehead atoms. The van der Waals surface area contributed by atoms with Crippen LogP contribution < -0.4 is 10.1 Å². The normalized spacial score (nSPS) is 10.6. The smallest absolute Gasteiger partial charge is 0.284 e. The fourth-order valence-corrected chi connectivity index (χ4v) is 2.92. The number of nitrogens with one attached hydrogen (secondary N) is 1. The molecule has 4 rings (SSSR count). The van der Waals surface area contributed by atoms with Gasteiger partial charge in [0.15, 0.2) is 5.76 Å². The van der Waals surface area contributed by atoms with Gasteiger partial charge in [0.25, 0.3) is 11.1 Å². The first-order valence-electron chi connectivity index (χ1n) is 8.39. The van der Waals surface area contributed by atoms with Gasteiger partial charge in [-0.3, -0.25) is 4.79 Å². The Morgan fingerprint density at radius 2 is 1.86 bits per heavy atom. The number of para-hydroxylation sites is 1. The summed E-state index contributed by atoms with van der Waals surface area (Å²) in [5.41, 5.74) is 0.640. The lowest BCUT2D eigenvalue weighted by Crippen LogP contribution is -2.13. The number of thioether (sulfide) groups is 1. The Hall–Kier alpha value is -3.52. The van der Waals surface area contributed by atoms with Crippen LogP contribution in [-0.2, 0) is 4.79 Å². The molecule has 2 aromatic heterocycles. The van der Waals surface area contributed by atoms with Gasteiger partial charge in [-0.25, -0.2) is 0 Å². The first kappa shape index (κ1) is 17.9. The molecule has 0 aliphatic heterocycles. The van der Waals surface area contributed by atoms with E-state index in [1.807, 2.05) is 42.5 Å². The monoisotopic (exact) mass is 393 g/mol. The van der Waals surface area contributed by atoms with Gasteiger partial charge in [-0.2, -0.15) is 0 Å². The molecule has 0 saturated heterocycles. The molecule has 0 aliphatic rings. The van der Waals surface area contributed by atoms with Crippen molar-refractivity contribution >= 4 is 23.4 Å². The van der Waals surface area contributed by atoms with Crippen LogP contribution in [0.3, 0.4) is 0 Å². The van der Waals surface area contributed by atoms with Crippen molar-refractivity contribution in [1.82, 2.24) is 10.2 Å². The van der Waals surface area contributed by atoms with Gasteiger partial charge in [0, 0.05) is 11.8 Å². The highest BCUT2D eigenvalue weighted by atomic mass is 32.2. The number of aromatic nitrogens is 2. The highest BCUT2D eigenvalue weighted by Crippen LogP contribution is 2.25. The Morgan fingerprint density at radius 3 is 2.68 bits per heavy atom. The highest BCUT2D eigenvalue weighted by molar-refractivity contribution is 7.99. The van der Waals surface area contributed by atoms with E-state index < -0.39 is 0 Å². The van der Waals surface area contributed by atoms with Crippen LogP contribution in [0.5, 0.6) is 11.5 Å². The maximum absolute atomic E-state index is 12.2. The summed E-state index contributed by atoms with van der Waals surface area (Å²) in [6.07, 6.45) is 1.52. The lowest BCUT2D eigenvalue weighted by atomic mass is 10.3. The predicted molar refractivity (Wildman–Crippen MR) is 104 cm³/mol. The number of furan rings is 1. The molecule has 7 nitrogen and oxygen atoms in total. The average molecular weight is 393 g/mol. The topological polar surface area (TPSA) is 90.4 Å². The number of hydrogen-bond acceptors (Lipinski definition) is 7. The predicted octanol–water partition coefficient (Wildman–Crippen LogP) is 4.85. The van der Waals surface area contributed by atoms with Crippen molar-refractivity contribution in [3.05, 3.63) is 73.0 Å². The van der Waals surface area contributed by atoms with Crippen LogP contribution in [0, 0.1) is 0 Å². The van der Waals surface area contributed by atoms with Crippen molar-refractivity contribution in [2.75, 3.05) is 11.1 Å². The fraction of sp³-hybridized carbons (Fsp3) is 0.0500. The van der Waals surface area contributed by atoms with E-state index in [0.29, 0.717) is 22.4 Å². The number of hydrogen-bond donors (Lipinski definition) is 1. The van der Waals surface area contributed by atoms with E-state index in [1.54, 1.807) is 24.3 Å². The third-order valence-corrected chi connectivity index (χ3v) is 4.38. The van der Waals surface area contributed by atoms with E-state index >= 15 is 0 Å². The van der Waals surface area contributed by atoms with Crippen LogP contribution >= 0.6 is 11.8 Å². The van der Waals surface area contributed by atoms with Crippen LogP contribution in [0.1, 0.15) is 0 Å². The summed E-state index contributed by atoms with van der Waals surface area (Å²) in [5.74, 6) is 2.06. The number of ether oxygens (including phenoxy) is 1. The number of carbonyl (C=O) groups is 1. The summed E-state index contributed by atoms with van der Waals surface area (Å²) in [6.45, 7) is 0. The van der Waals surface area contributed by atoms with Gasteiger partial charge in [0.2, 0.25) is 5.91 Å². The number of carbonyl (C=O) groups excluding carboxylic acids is 1. The first-order valence-corrected chi connectivity index (χ1v) is 9.38. The Labute approximate surface area is 164 Å². The molecule has 0 spiro atoms. The molecule has 4 aromatic rings. The SMILES string of the molecule is O=C(CSc1nnc(-c2ccco2)o1)Nc1cccc(Oc2ccccc2)c1. The zero-order chi connectivity index (χ0) is 19.2. The Kier molecular flexibility index (Phi) is 5.39. The van der Waals surface area contributed by atoms with Gasteiger partial charge in [-0.15, -0.1) is 10.2 Å². The number of anilines is 1. The second-order valence-electron chi connectivity index (χ2n) is 5.63. The Balaban J connectivity index is 1.32. The van der Waals surface area contributed by atoms with E-state index in [0.717, 1.165) is 17.5 Å². The quantitative estimate of drug-likeness (QED) is 0.449. The molecular weight excluding hydrogens is 378 g/mol. The minimum absolute atomic E-state index is 0.129. The number of rotatable bonds is 7. The summed E-state index contributed by atoms with van der Waals surface area (Å²) in [5, 5.41) is 10.9. The van der Waals surface area contributed by atoms with Crippen LogP contribution in [0.2, 0.25) is 0 Å². The molecule has 0 fully saturated rings. The van der Waals surface area contributed by atoms with Gasteiger partial charge in [0.05, 0.1) is 12.0 Å². The van der Waals surface area contributed by atoms with Gasteiger partial charge in [-0.1, -0.05) is 36.0 Å². The lowest BCUT2D eigenvalue weighted by Gasteiger charge is -2.08. The molecule has 2 aromatic carbocycles. The number of nitrogens with zero attached hydrogens (tertiary/aromatic N) is 2. The molecule has 0 atom stereocenters. The molecule has 1 N–H and O–H groups in total. The summed E-state index contributed by atoms with van der Waals surface area (Å²) in [7, 11) is 0. The zero-order valence-electron chi connectivity index (χ0n) is 14.6. The van der Waals surface area contributed by atoms with E-state index in [1.165, 1.54) is 6.26 Å². The van der Waals surface area contributed by atoms with Crippen LogP contribution in [0.25, 0.3) is 11.7 Å². The van der Waals surface area contributed by atoms with Gasteiger partial charge >= 0.3 is 0 Å². The van der Waals surface area contributed by atoms with E-state index in [4.69, 9.17) is 13.6 Å². The molecule has 140 valence electrons. The largest absolute Gasteiger partial charge is 0.459 e. The van der Waals surface area contributed by atoms with E-state index in [9.17, 15) is 4.79 Å². The summed E-state index contributed by atoms with van der Waals surface area (Å²) >= 11 is 1.15. The van der Waals surface area contributed by atoms with Crippen molar-refractivity contribution in [2.45, 2.75) is 5.22 Å². The van der Waals surface area contributed by atoms with Gasteiger partial charge in [-0.05, 0) is 36.4 Å². The molecule has 0 unspecified atom stereocenters. The maximum Gasteiger partial charge on any atom is 0.284 e. The third kappa shape index (κ3) is 4.60. The lowest BCUT2D eigenvalue weighted by molar-refractivity contribution is -0.113. The van der Waals surface area contributed by atoms with E-state index in [2.05, 4.69) is 15.5 Å². The van der Waals surface area contributed by atoms with Crippen molar-refractivity contribution in [2.24, 2.45) is 0 Å². The maximum atomic E-state index is 12.2. The third-order valence-electron chi connectivity index (χ3n) is 3.56. The highest BCUT2D eigenvalue weighted by Gasteiger charge is 2.13. The minimum Gasteiger partial charge on any atom is -0.459 e. The zero-order valence-corrected chi connectivity index (χ0v) is 15.4. The molecule has 28 heavy (non-hydrogen) atoms. The van der Waals surface area contributed by atoms with Crippen molar-refractivity contribution in [3.8, 4) is 23.1 Å². The fourth-order valence-electron chi connectivity index (χ4n) is 2.35. The summed E-state index contributed by atoms with van der Waals surface area (Å²) < 4.78 is 16.4. The van der Waals surface area contributed by atoms with E-state index in [-0.39, 0.29) is 17.6 Å². The Bertz CT molecular complexity index is 1050. The van der Waals surface area contributed by atoms with Crippen LogP contribution in [0.15, 0.2) is 87.1 Å². The van der Waals surface area contributed by atoms with Crippen molar-refractivity contribution < 1.29 is 18.4 Å². The molecule has 1 amide bonds. The van der Waals surface area contributed by atoms with Crippen LogP contribution in [-0.4, -0.2) is 21.9 Å². The second-order valence-corrected chi connectivity index (χ2v) is 6.56. The number of amides is 1. The molecule has 8 heteroatoms. The molecule has 0 radical (unpaired) electrons. The average Bonchev–Trinajstić information content (AvgIpc) is 3.39. The second kappa shape index (κ2) is 8.45. The Morgan fingerprint density at radius 1 is 1.00 bits per heavy atom. The van der Waals surface area contributed by atoms with Gasteiger partial charge < -0.3 is 18.9 Å². The molecule has 2 heterocycles. The van der Waals surface area contributed by atoms with Crippen molar-refractivity contribution in [1.29, 1.82) is 0 Å². The summed E-state index contributed by atoms with van der Waals surface area (Å²) in [6, 6.07) is 20.1. The number of benzene rings is 2. The van der Waals surface area contributed by atoms with Crippen molar-refractivity contribution in [3.63, 3.8) is 0 Å². The molecule has 0 aliphatic carbocycles. The van der Waals surface area contributed by atoms with Crippen LogP contribution in [0.4, 0.5) is 5.69 Å². The summed E-state index contributed by atoms with van der Waals surface area (Å²) in [4.78, 5) is 12.2.